The van der Waals surface area contributed by atoms with Gasteiger partial charge in [-0.25, -0.2) is 4.98 Å². The molecule has 0 saturated carbocycles. The maximum absolute atomic E-state index is 5.68. The fourth-order valence-electron chi connectivity index (χ4n) is 1.64. The molecule has 7 heteroatoms. The van der Waals surface area contributed by atoms with E-state index in [1.807, 2.05) is 0 Å². The highest BCUT2D eigenvalue weighted by molar-refractivity contribution is 6.66. The number of aromatic amines is 1. The third-order valence-corrected chi connectivity index (χ3v) is 2.90. The summed E-state index contributed by atoms with van der Waals surface area (Å²) in [4.78, 5) is 4.18. The molecule has 0 aliphatic carbocycles. The van der Waals surface area contributed by atoms with E-state index >= 15 is 0 Å². The van der Waals surface area contributed by atoms with Gasteiger partial charge in [0, 0.05) is 0 Å². The fraction of sp³-hybridized carbons (Fsp3) is 0.750. The molecule has 84 valence electrons. The van der Waals surface area contributed by atoms with Crippen LogP contribution in [0, 0.1) is 0 Å². The van der Waals surface area contributed by atoms with Crippen molar-refractivity contribution in [3.8, 4) is 0 Å². The number of halogens is 3. The molecule has 1 fully saturated rings. The minimum Gasteiger partial charge on any atom is -0.307 e. The van der Waals surface area contributed by atoms with Crippen molar-refractivity contribution in [1.29, 1.82) is 0 Å². The van der Waals surface area contributed by atoms with Crippen LogP contribution < -0.4 is 5.32 Å². The van der Waals surface area contributed by atoms with Gasteiger partial charge >= 0.3 is 0 Å². The quantitative estimate of drug-likeness (QED) is 0.770. The Labute approximate surface area is 103 Å². The number of piperidine rings is 1. The molecule has 1 atom stereocenters. The van der Waals surface area contributed by atoms with Crippen molar-refractivity contribution < 1.29 is 0 Å². The SMILES string of the molecule is ClC(Cl)(Cl)c1n[nH]c(C2CCCCN2)n1. The van der Waals surface area contributed by atoms with Gasteiger partial charge in [0.25, 0.3) is 3.79 Å². The van der Waals surface area contributed by atoms with Gasteiger partial charge in [-0.05, 0) is 19.4 Å². The Morgan fingerprint density at radius 2 is 2.07 bits per heavy atom. The van der Waals surface area contributed by atoms with Crippen LogP contribution in [0.1, 0.15) is 37.0 Å². The van der Waals surface area contributed by atoms with Crippen molar-refractivity contribution in [2.75, 3.05) is 6.54 Å². The molecule has 1 unspecified atom stereocenters. The van der Waals surface area contributed by atoms with Crippen LogP contribution in [0.3, 0.4) is 0 Å². The van der Waals surface area contributed by atoms with Crippen LogP contribution in [0.5, 0.6) is 0 Å². The number of rotatable bonds is 1. The minimum atomic E-state index is -1.55. The predicted molar refractivity (Wildman–Crippen MR) is 60.2 cm³/mol. The third-order valence-electron chi connectivity index (χ3n) is 2.40. The molecule has 1 saturated heterocycles. The molecule has 2 heterocycles. The van der Waals surface area contributed by atoms with Gasteiger partial charge < -0.3 is 5.32 Å². The van der Waals surface area contributed by atoms with Crippen molar-refractivity contribution in [2.24, 2.45) is 0 Å². The van der Waals surface area contributed by atoms with Crippen LogP contribution in [-0.2, 0) is 3.79 Å². The number of nitrogens with one attached hydrogen (secondary N) is 2. The van der Waals surface area contributed by atoms with Crippen LogP contribution in [0.2, 0.25) is 0 Å². The molecule has 2 rings (SSSR count). The van der Waals surface area contributed by atoms with Crippen molar-refractivity contribution in [3.63, 3.8) is 0 Å². The topological polar surface area (TPSA) is 53.6 Å². The molecule has 2 N–H and O–H groups in total. The van der Waals surface area contributed by atoms with Gasteiger partial charge in [-0.15, -0.1) is 0 Å². The van der Waals surface area contributed by atoms with E-state index in [4.69, 9.17) is 34.8 Å². The summed E-state index contributed by atoms with van der Waals surface area (Å²) in [6.07, 6.45) is 3.41. The number of aromatic nitrogens is 3. The van der Waals surface area contributed by atoms with Gasteiger partial charge in [-0.3, -0.25) is 5.10 Å². The van der Waals surface area contributed by atoms with E-state index in [9.17, 15) is 0 Å². The van der Waals surface area contributed by atoms with Gasteiger partial charge in [-0.1, -0.05) is 41.2 Å². The zero-order valence-corrected chi connectivity index (χ0v) is 10.2. The Bertz CT molecular complexity index is 327. The van der Waals surface area contributed by atoms with Crippen molar-refractivity contribution >= 4 is 34.8 Å². The molecule has 0 spiro atoms. The standard InChI is InChI=1S/C8H11Cl3N4/c9-8(10,11)7-13-6(14-15-7)5-3-1-2-4-12-5/h5,12H,1-4H2,(H,13,14,15). The summed E-state index contributed by atoms with van der Waals surface area (Å²) in [5.41, 5.74) is 0. The third kappa shape index (κ3) is 2.75. The normalized spacial score (nSPS) is 23.0. The second-order valence-corrected chi connectivity index (χ2v) is 5.83. The zero-order valence-electron chi connectivity index (χ0n) is 7.93. The lowest BCUT2D eigenvalue weighted by Gasteiger charge is -2.20. The van der Waals surface area contributed by atoms with Crippen LogP contribution in [-0.4, -0.2) is 21.7 Å². The first-order chi connectivity index (χ1) is 7.07. The lowest BCUT2D eigenvalue weighted by atomic mass is 10.0. The molecule has 15 heavy (non-hydrogen) atoms. The average Bonchev–Trinajstić information content (AvgIpc) is 2.67. The molecule has 0 bridgehead atoms. The number of nitrogens with zero attached hydrogens (tertiary/aromatic N) is 2. The first-order valence-electron chi connectivity index (χ1n) is 4.80. The summed E-state index contributed by atoms with van der Waals surface area (Å²) in [6.45, 7) is 0.995. The maximum atomic E-state index is 5.68. The van der Waals surface area contributed by atoms with E-state index in [1.54, 1.807) is 0 Å². The Morgan fingerprint density at radius 3 is 2.60 bits per heavy atom. The second kappa shape index (κ2) is 4.45. The lowest BCUT2D eigenvalue weighted by Crippen LogP contribution is -2.27. The number of hydrogen-bond acceptors (Lipinski definition) is 3. The monoisotopic (exact) mass is 268 g/mol. The van der Waals surface area contributed by atoms with E-state index in [2.05, 4.69) is 20.5 Å². The van der Waals surface area contributed by atoms with E-state index in [1.165, 1.54) is 12.8 Å². The molecule has 4 nitrogen and oxygen atoms in total. The zero-order chi connectivity index (χ0) is 10.9. The summed E-state index contributed by atoms with van der Waals surface area (Å²) in [7, 11) is 0. The molecular weight excluding hydrogens is 258 g/mol. The molecule has 1 aliphatic rings. The summed E-state index contributed by atoms with van der Waals surface area (Å²) < 4.78 is -1.55. The minimum absolute atomic E-state index is 0.201. The second-order valence-electron chi connectivity index (χ2n) is 3.54. The number of H-pyrrole nitrogens is 1. The van der Waals surface area contributed by atoms with E-state index in [0.717, 1.165) is 18.8 Å². The van der Waals surface area contributed by atoms with Crippen molar-refractivity contribution in [1.82, 2.24) is 20.5 Å². The fourth-order valence-corrected chi connectivity index (χ4v) is 1.90. The van der Waals surface area contributed by atoms with Crippen LogP contribution in [0.25, 0.3) is 0 Å². The Hall–Kier alpha value is -0.0300. The Balaban J connectivity index is 2.12. The van der Waals surface area contributed by atoms with Crippen LogP contribution in [0.4, 0.5) is 0 Å². The van der Waals surface area contributed by atoms with Gasteiger partial charge in [-0.2, -0.15) is 5.10 Å². The smallest absolute Gasteiger partial charge is 0.251 e. The Kier molecular flexibility index (Phi) is 3.40. The van der Waals surface area contributed by atoms with Crippen molar-refractivity contribution in [3.05, 3.63) is 11.6 Å². The van der Waals surface area contributed by atoms with Crippen molar-refractivity contribution in [2.45, 2.75) is 29.1 Å². The molecule has 1 aliphatic heterocycles. The molecule has 1 aromatic rings. The molecular formula is C8H11Cl3N4. The van der Waals surface area contributed by atoms with E-state index < -0.39 is 3.79 Å². The highest BCUT2D eigenvalue weighted by atomic mass is 35.6. The van der Waals surface area contributed by atoms with Gasteiger partial charge in [0.05, 0.1) is 6.04 Å². The number of hydrogen-bond donors (Lipinski definition) is 2. The highest BCUT2D eigenvalue weighted by Gasteiger charge is 2.29. The molecule has 1 aromatic heterocycles. The summed E-state index contributed by atoms with van der Waals surface area (Å²) in [5, 5.41) is 10.0. The van der Waals surface area contributed by atoms with Gasteiger partial charge in [0.1, 0.15) is 5.82 Å². The van der Waals surface area contributed by atoms with E-state index in [-0.39, 0.29) is 11.9 Å². The first-order valence-corrected chi connectivity index (χ1v) is 5.93. The average molecular weight is 270 g/mol. The lowest BCUT2D eigenvalue weighted by molar-refractivity contribution is 0.398. The predicted octanol–water partition coefficient (Wildman–Crippen LogP) is 2.45. The van der Waals surface area contributed by atoms with Crippen LogP contribution >= 0.6 is 34.8 Å². The molecule has 0 amide bonds. The maximum Gasteiger partial charge on any atom is 0.251 e. The van der Waals surface area contributed by atoms with Gasteiger partial charge in [0.15, 0.2) is 0 Å². The molecule has 0 radical (unpaired) electrons. The molecule has 0 aromatic carbocycles. The number of alkyl halides is 3. The van der Waals surface area contributed by atoms with Gasteiger partial charge in [0.2, 0.25) is 5.82 Å². The Morgan fingerprint density at radius 1 is 1.27 bits per heavy atom. The highest BCUT2D eigenvalue weighted by Crippen LogP contribution is 2.36. The summed E-state index contributed by atoms with van der Waals surface area (Å²) in [6, 6.07) is 0.201. The van der Waals surface area contributed by atoms with E-state index in [0.29, 0.717) is 0 Å². The summed E-state index contributed by atoms with van der Waals surface area (Å²) >= 11 is 17.0. The largest absolute Gasteiger partial charge is 0.307 e. The first kappa shape index (κ1) is 11.5. The van der Waals surface area contributed by atoms with Crippen LogP contribution in [0.15, 0.2) is 0 Å². The summed E-state index contributed by atoms with van der Waals surface area (Å²) in [5.74, 6) is 0.950.